The van der Waals surface area contributed by atoms with Crippen LogP contribution in [0.5, 0.6) is 0 Å². The molecule has 0 saturated carbocycles. The van der Waals surface area contributed by atoms with Gasteiger partial charge in [-0.2, -0.15) is 0 Å². The smallest absolute Gasteiger partial charge is 0.305 e. The lowest BCUT2D eigenvalue weighted by atomic mass is 10.1. The van der Waals surface area contributed by atoms with Crippen molar-refractivity contribution in [2.24, 2.45) is 0 Å². The number of carbonyl (C=O) groups excluding carboxylic acids is 1. The number of carbonyl (C=O) groups is 1. The molecule has 0 heterocycles. The quantitative estimate of drug-likeness (QED) is 0.173. The summed E-state index contributed by atoms with van der Waals surface area (Å²) in [5.41, 5.74) is 0. The van der Waals surface area contributed by atoms with Crippen LogP contribution in [0.15, 0.2) is 72.8 Å². The van der Waals surface area contributed by atoms with Crippen LogP contribution < -0.4 is 10.4 Å². The molecule has 0 amide bonds. The predicted molar refractivity (Wildman–Crippen MR) is 136 cm³/mol. The van der Waals surface area contributed by atoms with Gasteiger partial charge in [-0.15, -0.1) is 0 Å². The zero-order chi connectivity index (χ0) is 22.7. The Kier molecular flexibility index (Phi) is 10.2. The number of alkyl halides is 1. The monoisotopic (exact) mass is 502 g/mol. The van der Waals surface area contributed by atoms with Crippen molar-refractivity contribution in [3.05, 3.63) is 72.8 Å². The van der Waals surface area contributed by atoms with E-state index in [0.29, 0.717) is 13.0 Å². The van der Waals surface area contributed by atoms with Crippen LogP contribution in [-0.4, -0.2) is 32.3 Å². The van der Waals surface area contributed by atoms with Gasteiger partial charge in [0.2, 0.25) is 0 Å². The van der Waals surface area contributed by atoms with Crippen molar-refractivity contribution in [2.75, 3.05) is 11.9 Å². The van der Waals surface area contributed by atoms with E-state index in [4.69, 9.17) is 9.16 Å². The van der Waals surface area contributed by atoms with Crippen LogP contribution in [0.3, 0.4) is 0 Å². The summed E-state index contributed by atoms with van der Waals surface area (Å²) in [6.07, 6.45) is 6.06. The second-order valence-corrected chi connectivity index (χ2v) is 13.5. The van der Waals surface area contributed by atoms with Crippen LogP contribution in [0.4, 0.5) is 0 Å². The number of ether oxygens (including phenoxy) is 1. The largest absolute Gasteiger partial charge is 0.466 e. The van der Waals surface area contributed by atoms with Gasteiger partial charge in [0.15, 0.2) is 0 Å². The van der Waals surface area contributed by atoms with Crippen molar-refractivity contribution in [1.82, 2.24) is 0 Å². The van der Waals surface area contributed by atoms with Crippen molar-refractivity contribution in [3.8, 4) is 0 Å². The van der Waals surface area contributed by atoms with Gasteiger partial charge in [-0.05, 0) is 35.2 Å². The molecule has 168 valence electrons. The van der Waals surface area contributed by atoms with Gasteiger partial charge in [0.1, 0.15) is 0 Å². The fourth-order valence-corrected chi connectivity index (χ4v) is 8.88. The standard InChI is InChI=1S/C26H35BrO3Si/c1-5-29-25(28)20-12-14-22(15-13-21-27)30-31(26(2,3)4,23-16-8-6-9-17-23)24-18-10-7-11-19-24/h6-11,13,15-19,22H,5,12,14,20-21H2,1-4H3/b15-13+/t22-/m0/s1. The van der Waals surface area contributed by atoms with Crippen molar-refractivity contribution in [3.63, 3.8) is 0 Å². The third-order valence-corrected chi connectivity index (χ3v) is 10.8. The van der Waals surface area contributed by atoms with Crippen LogP contribution in [0, 0.1) is 0 Å². The van der Waals surface area contributed by atoms with E-state index in [2.05, 4.69) is 110 Å². The summed E-state index contributed by atoms with van der Waals surface area (Å²) in [6, 6.07) is 21.3. The predicted octanol–water partition coefficient (Wildman–Crippen LogP) is 5.62. The molecular formula is C26H35BrO3Si. The molecule has 0 spiro atoms. The van der Waals surface area contributed by atoms with Crippen LogP contribution >= 0.6 is 15.9 Å². The highest BCUT2D eigenvalue weighted by Gasteiger charge is 2.51. The van der Waals surface area contributed by atoms with E-state index in [1.165, 1.54) is 10.4 Å². The average molecular weight is 504 g/mol. The normalized spacial score (nSPS) is 13.3. The van der Waals surface area contributed by atoms with Crippen molar-refractivity contribution in [1.29, 1.82) is 0 Å². The summed E-state index contributed by atoms with van der Waals surface area (Å²) in [5, 5.41) is 3.20. The Labute approximate surface area is 197 Å². The lowest BCUT2D eigenvalue weighted by Gasteiger charge is -2.45. The van der Waals surface area contributed by atoms with E-state index in [1.807, 2.05) is 6.92 Å². The topological polar surface area (TPSA) is 35.5 Å². The van der Waals surface area contributed by atoms with Crippen LogP contribution in [-0.2, 0) is 14.0 Å². The molecule has 0 aromatic heterocycles. The Bertz CT molecular complexity index is 776. The molecule has 0 aliphatic carbocycles. The molecule has 0 aliphatic rings. The molecule has 2 rings (SSSR count). The molecule has 31 heavy (non-hydrogen) atoms. The highest BCUT2D eigenvalue weighted by molar-refractivity contribution is 9.09. The zero-order valence-electron chi connectivity index (χ0n) is 19.1. The maximum Gasteiger partial charge on any atom is 0.305 e. The molecule has 0 fully saturated rings. The minimum Gasteiger partial charge on any atom is -0.466 e. The SMILES string of the molecule is CCOC(=O)CCC[C@@H](/C=C/CBr)O[Si](c1ccccc1)(c1ccccc1)C(C)(C)C. The van der Waals surface area contributed by atoms with Gasteiger partial charge in [0.05, 0.1) is 12.7 Å². The third-order valence-electron chi connectivity index (χ3n) is 5.36. The fourth-order valence-electron chi connectivity index (χ4n) is 4.00. The molecule has 0 saturated heterocycles. The Hall–Kier alpha value is -1.69. The van der Waals surface area contributed by atoms with Crippen LogP contribution in [0.1, 0.15) is 47.0 Å². The first-order chi connectivity index (χ1) is 14.8. The number of hydrogen-bond acceptors (Lipinski definition) is 3. The van der Waals surface area contributed by atoms with Gasteiger partial charge in [-0.3, -0.25) is 4.79 Å². The molecule has 0 N–H and O–H groups in total. The zero-order valence-corrected chi connectivity index (χ0v) is 21.7. The Morgan fingerprint density at radius 2 is 1.58 bits per heavy atom. The summed E-state index contributed by atoms with van der Waals surface area (Å²) >= 11 is 3.49. The second-order valence-electron chi connectivity index (χ2n) is 8.60. The summed E-state index contributed by atoms with van der Waals surface area (Å²) in [7, 11) is -2.64. The van der Waals surface area contributed by atoms with E-state index >= 15 is 0 Å². The lowest BCUT2D eigenvalue weighted by Crippen LogP contribution is -2.67. The second kappa shape index (κ2) is 12.4. The molecule has 5 heteroatoms. The van der Waals surface area contributed by atoms with Crippen molar-refractivity contribution < 1.29 is 14.0 Å². The highest BCUT2D eigenvalue weighted by Crippen LogP contribution is 2.38. The molecule has 1 atom stereocenters. The molecular weight excluding hydrogens is 468 g/mol. The number of halogens is 1. The molecule has 2 aromatic rings. The Balaban J connectivity index is 2.46. The first-order valence-corrected chi connectivity index (χ1v) is 14.0. The van der Waals surface area contributed by atoms with Gasteiger partial charge in [-0.25, -0.2) is 0 Å². The first kappa shape index (κ1) is 25.6. The molecule has 0 bridgehead atoms. The van der Waals surface area contributed by atoms with E-state index in [1.54, 1.807) is 0 Å². The minimum atomic E-state index is -2.64. The van der Waals surface area contributed by atoms with Crippen LogP contribution in [0.2, 0.25) is 5.04 Å². The van der Waals surface area contributed by atoms with Gasteiger partial charge in [0.25, 0.3) is 8.32 Å². The van der Waals surface area contributed by atoms with E-state index in [-0.39, 0.29) is 17.1 Å². The number of esters is 1. The van der Waals surface area contributed by atoms with E-state index < -0.39 is 8.32 Å². The van der Waals surface area contributed by atoms with E-state index in [0.717, 1.165) is 18.2 Å². The van der Waals surface area contributed by atoms with E-state index in [9.17, 15) is 4.79 Å². The minimum absolute atomic E-state index is 0.0849. The molecule has 0 aliphatic heterocycles. The maximum atomic E-state index is 11.8. The van der Waals surface area contributed by atoms with Gasteiger partial charge >= 0.3 is 5.97 Å². The lowest BCUT2D eigenvalue weighted by molar-refractivity contribution is -0.143. The van der Waals surface area contributed by atoms with Crippen LogP contribution in [0.25, 0.3) is 0 Å². The summed E-state index contributed by atoms with van der Waals surface area (Å²) in [6.45, 7) is 9.10. The Morgan fingerprint density at radius 1 is 1.03 bits per heavy atom. The highest BCUT2D eigenvalue weighted by atomic mass is 79.9. The van der Waals surface area contributed by atoms with Gasteiger partial charge < -0.3 is 9.16 Å². The number of benzene rings is 2. The fraction of sp³-hybridized carbons (Fsp3) is 0.423. The van der Waals surface area contributed by atoms with Gasteiger partial charge in [-0.1, -0.05) is 110 Å². The van der Waals surface area contributed by atoms with Gasteiger partial charge in [0, 0.05) is 11.8 Å². The molecule has 0 unspecified atom stereocenters. The summed E-state index contributed by atoms with van der Waals surface area (Å²) in [5.74, 6) is -0.142. The Morgan fingerprint density at radius 3 is 2.03 bits per heavy atom. The number of allylic oxidation sites excluding steroid dienone is 1. The molecule has 0 radical (unpaired) electrons. The molecule has 3 nitrogen and oxygen atoms in total. The average Bonchev–Trinajstić information content (AvgIpc) is 2.76. The summed E-state index contributed by atoms with van der Waals surface area (Å²) < 4.78 is 12.3. The number of rotatable bonds is 11. The first-order valence-electron chi connectivity index (χ1n) is 11.0. The summed E-state index contributed by atoms with van der Waals surface area (Å²) in [4.78, 5) is 11.8. The number of hydrogen-bond donors (Lipinski definition) is 0. The molecule has 2 aromatic carbocycles. The maximum absolute atomic E-state index is 11.8. The van der Waals surface area contributed by atoms with Crippen molar-refractivity contribution in [2.45, 2.75) is 58.1 Å². The third kappa shape index (κ3) is 6.89. The van der Waals surface area contributed by atoms with Crippen molar-refractivity contribution >= 4 is 40.6 Å².